The third-order valence-corrected chi connectivity index (χ3v) is 5.29. The Labute approximate surface area is 194 Å². The lowest BCUT2D eigenvalue weighted by atomic mass is 9.97. The van der Waals surface area contributed by atoms with E-state index in [9.17, 15) is 4.79 Å². The van der Waals surface area contributed by atoms with Gasteiger partial charge in [-0.15, -0.1) is 6.58 Å². The standard InChI is InChI=1S/C25H32N4O4/c1-4-14-25(24(31)28-26-17-19-6-10-21(11-7-19)29(2)3)18-33-23(27-25)20-8-12-22(13-9-20)32-16-5-15-30/h4,6-13,26,30H,1,5,14-18H2,2-3H3,(H,28,31)/t25-/m0/s1. The zero-order chi connectivity index (χ0) is 23.7. The number of rotatable bonds is 12. The lowest BCUT2D eigenvalue weighted by molar-refractivity contribution is -0.127. The topological polar surface area (TPSA) is 95.4 Å². The SMILES string of the molecule is C=CC[C@@]1(C(=O)NNCc2ccc(N(C)C)cc2)COC(c2ccc(OCCCO)cc2)=N1. The number of amides is 1. The van der Waals surface area contributed by atoms with Crippen LogP contribution in [0.3, 0.4) is 0 Å². The van der Waals surface area contributed by atoms with Crippen molar-refractivity contribution >= 4 is 17.5 Å². The van der Waals surface area contributed by atoms with Gasteiger partial charge in [0.2, 0.25) is 5.90 Å². The molecule has 3 rings (SSSR count). The highest BCUT2D eigenvalue weighted by atomic mass is 16.5. The lowest BCUT2D eigenvalue weighted by Crippen LogP contribution is -2.51. The highest BCUT2D eigenvalue weighted by Crippen LogP contribution is 2.27. The Morgan fingerprint density at radius 3 is 2.61 bits per heavy atom. The van der Waals surface area contributed by atoms with Crippen LogP contribution in [0.25, 0.3) is 0 Å². The number of aliphatic hydroxyl groups is 1. The van der Waals surface area contributed by atoms with Crippen molar-refractivity contribution in [2.45, 2.75) is 24.9 Å². The van der Waals surface area contributed by atoms with Gasteiger partial charge in [-0.2, -0.15) is 0 Å². The molecule has 33 heavy (non-hydrogen) atoms. The number of hydrazine groups is 1. The molecule has 1 heterocycles. The van der Waals surface area contributed by atoms with Crippen LogP contribution < -0.4 is 20.5 Å². The Hall–Kier alpha value is -3.36. The molecule has 0 radical (unpaired) electrons. The van der Waals surface area contributed by atoms with Gasteiger partial charge in [0, 0.05) is 51.3 Å². The summed E-state index contributed by atoms with van der Waals surface area (Å²) in [5.41, 5.74) is 7.61. The minimum atomic E-state index is -1.07. The van der Waals surface area contributed by atoms with Gasteiger partial charge >= 0.3 is 0 Å². The second kappa shape index (κ2) is 11.5. The Morgan fingerprint density at radius 2 is 1.97 bits per heavy atom. The molecule has 1 amide bonds. The van der Waals surface area contributed by atoms with E-state index in [1.54, 1.807) is 6.08 Å². The molecule has 1 aliphatic heterocycles. The predicted molar refractivity (Wildman–Crippen MR) is 129 cm³/mol. The second-order valence-electron chi connectivity index (χ2n) is 8.05. The number of benzene rings is 2. The second-order valence-corrected chi connectivity index (χ2v) is 8.05. The first kappa shape index (κ1) is 24.3. The van der Waals surface area contributed by atoms with Crippen LogP contribution in [-0.4, -0.2) is 56.4 Å². The van der Waals surface area contributed by atoms with E-state index >= 15 is 0 Å². The molecule has 2 aromatic carbocycles. The van der Waals surface area contributed by atoms with Crippen molar-refractivity contribution in [1.82, 2.24) is 10.9 Å². The summed E-state index contributed by atoms with van der Waals surface area (Å²) in [5, 5.41) is 8.85. The fourth-order valence-electron chi connectivity index (χ4n) is 3.35. The van der Waals surface area contributed by atoms with E-state index in [1.807, 2.05) is 67.5 Å². The first-order valence-electron chi connectivity index (χ1n) is 10.9. The average molecular weight is 453 g/mol. The Bertz CT molecular complexity index is 957. The van der Waals surface area contributed by atoms with Crippen molar-refractivity contribution in [3.63, 3.8) is 0 Å². The summed E-state index contributed by atoms with van der Waals surface area (Å²) in [6, 6.07) is 15.4. The van der Waals surface area contributed by atoms with Crippen LogP contribution in [-0.2, 0) is 16.1 Å². The number of aliphatic hydroxyl groups excluding tert-OH is 1. The summed E-state index contributed by atoms with van der Waals surface area (Å²) in [5.74, 6) is 0.836. The number of carbonyl (C=O) groups is 1. The summed E-state index contributed by atoms with van der Waals surface area (Å²) < 4.78 is 11.4. The van der Waals surface area contributed by atoms with Crippen LogP contribution >= 0.6 is 0 Å². The third-order valence-electron chi connectivity index (χ3n) is 5.29. The van der Waals surface area contributed by atoms with Gasteiger partial charge in [0.25, 0.3) is 5.91 Å². The highest BCUT2D eigenvalue weighted by Gasteiger charge is 2.43. The Kier molecular flexibility index (Phi) is 8.46. The van der Waals surface area contributed by atoms with Crippen molar-refractivity contribution < 1.29 is 19.4 Å². The van der Waals surface area contributed by atoms with Gasteiger partial charge in [0.15, 0.2) is 5.54 Å². The molecule has 0 aliphatic carbocycles. The van der Waals surface area contributed by atoms with E-state index in [0.717, 1.165) is 16.8 Å². The number of nitrogens with zero attached hydrogens (tertiary/aromatic N) is 2. The van der Waals surface area contributed by atoms with Gasteiger partial charge < -0.3 is 19.5 Å². The molecule has 3 N–H and O–H groups in total. The van der Waals surface area contributed by atoms with Crippen LogP contribution in [0.1, 0.15) is 24.0 Å². The quantitative estimate of drug-likeness (QED) is 0.260. The Morgan fingerprint density at radius 1 is 1.24 bits per heavy atom. The highest BCUT2D eigenvalue weighted by molar-refractivity contribution is 6.00. The van der Waals surface area contributed by atoms with Gasteiger partial charge in [0.05, 0.1) is 6.61 Å². The van der Waals surface area contributed by atoms with E-state index in [1.165, 1.54) is 0 Å². The summed E-state index contributed by atoms with van der Waals surface area (Å²) in [6.45, 7) is 4.94. The first-order chi connectivity index (χ1) is 16.0. The van der Waals surface area contributed by atoms with Crippen LogP contribution in [0.4, 0.5) is 5.69 Å². The van der Waals surface area contributed by atoms with Crippen molar-refractivity contribution in [3.8, 4) is 5.75 Å². The van der Waals surface area contributed by atoms with Gasteiger partial charge in [-0.3, -0.25) is 10.2 Å². The number of aliphatic imine (C=N–C) groups is 1. The zero-order valence-corrected chi connectivity index (χ0v) is 19.2. The minimum Gasteiger partial charge on any atom is -0.494 e. The molecule has 2 aromatic rings. The number of anilines is 1. The van der Waals surface area contributed by atoms with Crippen LogP contribution in [0, 0.1) is 0 Å². The predicted octanol–water partition coefficient (Wildman–Crippen LogP) is 2.43. The van der Waals surface area contributed by atoms with Crippen LogP contribution in [0.15, 0.2) is 66.2 Å². The van der Waals surface area contributed by atoms with Crippen LogP contribution in [0.5, 0.6) is 5.75 Å². The lowest BCUT2D eigenvalue weighted by Gasteiger charge is -2.21. The maximum atomic E-state index is 13.0. The van der Waals surface area contributed by atoms with E-state index in [0.29, 0.717) is 37.6 Å². The maximum Gasteiger partial charge on any atom is 0.266 e. The van der Waals surface area contributed by atoms with Gasteiger partial charge in [-0.05, 0) is 42.0 Å². The fraction of sp³-hybridized carbons (Fsp3) is 0.360. The third kappa shape index (κ3) is 6.34. The Balaban J connectivity index is 1.61. The molecule has 0 bridgehead atoms. The molecule has 0 unspecified atom stereocenters. The number of hydrogen-bond acceptors (Lipinski definition) is 7. The zero-order valence-electron chi connectivity index (χ0n) is 19.2. The summed E-state index contributed by atoms with van der Waals surface area (Å²) >= 11 is 0. The molecular weight excluding hydrogens is 420 g/mol. The minimum absolute atomic E-state index is 0.0910. The summed E-state index contributed by atoms with van der Waals surface area (Å²) in [6.07, 6.45) is 2.60. The number of ether oxygens (including phenoxy) is 2. The van der Waals surface area contributed by atoms with E-state index in [-0.39, 0.29) is 19.1 Å². The van der Waals surface area contributed by atoms with Crippen molar-refractivity contribution in [2.75, 3.05) is 38.8 Å². The molecule has 0 spiro atoms. The fourth-order valence-corrected chi connectivity index (χ4v) is 3.35. The molecule has 8 heteroatoms. The van der Waals surface area contributed by atoms with Crippen LogP contribution in [0.2, 0.25) is 0 Å². The number of carbonyl (C=O) groups excluding carboxylic acids is 1. The monoisotopic (exact) mass is 452 g/mol. The van der Waals surface area contributed by atoms with Gasteiger partial charge in [0.1, 0.15) is 12.4 Å². The molecular formula is C25H32N4O4. The summed E-state index contributed by atoms with van der Waals surface area (Å²) in [4.78, 5) is 19.7. The molecule has 0 saturated carbocycles. The molecule has 0 saturated heterocycles. The normalized spacial score (nSPS) is 17.1. The largest absolute Gasteiger partial charge is 0.494 e. The number of nitrogens with one attached hydrogen (secondary N) is 2. The maximum absolute atomic E-state index is 13.0. The molecule has 0 fully saturated rings. The molecule has 0 aromatic heterocycles. The van der Waals surface area contributed by atoms with Crippen molar-refractivity contribution in [1.29, 1.82) is 0 Å². The molecule has 1 atom stereocenters. The molecule has 176 valence electrons. The first-order valence-corrected chi connectivity index (χ1v) is 10.9. The number of hydrogen-bond donors (Lipinski definition) is 3. The van der Waals surface area contributed by atoms with E-state index < -0.39 is 5.54 Å². The summed E-state index contributed by atoms with van der Waals surface area (Å²) in [7, 11) is 3.98. The van der Waals surface area contributed by atoms with E-state index in [2.05, 4.69) is 22.4 Å². The van der Waals surface area contributed by atoms with Gasteiger partial charge in [-0.1, -0.05) is 18.2 Å². The van der Waals surface area contributed by atoms with Crippen molar-refractivity contribution in [3.05, 3.63) is 72.3 Å². The van der Waals surface area contributed by atoms with Crippen molar-refractivity contribution in [2.24, 2.45) is 4.99 Å². The smallest absolute Gasteiger partial charge is 0.266 e. The van der Waals surface area contributed by atoms with E-state index in [4.69, 9.17) is 14.6 Å². The van der Waals surface area contributed by atoms with Gasteiger partial charge in [-0.25, -0.2) is 10.4 Å². The average Bonchev–Trinajstić information content (AvgIpc) is 3.26. The molecule has 1 aliphatic rings. The molecule has 8 nitrogen and oxygen atoms in total.